The average Bonchev–Trinajstić information content (AvgIpc) is 2.85. The summed E-state index contributed by atoms with van der Waals surface area (Å²) in [4.78, 5) is 26.8. The smallest absolute Gasteiger partial charge is 0.260 e. The van der Waals surface area contributed by atoms with Crippen LogP contribution in [0.4, 0.5) is 5.69 Å². The number of anilines is 1. The zero-order valence-corrected chi connectivity index (χ0v) is 19.1. The lowest BCUT2D eigenvalue weighted by Crippen LogP contribution is -2.41. The summed E-state index contributed by atoms with van der Waals surface area (Å²) in [5, 5.41) is 3.21. The van der Waals surface area contributed by atoms with Gasteiger partial charge in [0.15, 0.2) is 6.61 Å². The third kappa shape index (κ3) is 6.36. The van der Waals surface area contributed by atoms with Crippen molar-refractivity contribution in [3.8, 4) is 5.75 Å². The molecule has 1 aliphatic heterocycles. The lowest BCUT2D eigenvalue weighted by atomic mass is 9.90. The van der Waals surface area contributed by atoms with Crippen LogP contribution in [0.25, 0.3) is 0 Å². The van der Waals surface area contributed by atoms with E-state index >= 15 is 0 Å². The lowest BCUT2D eigenvalue weighted by Gasteiger charge is -2.32. The second kappa shape index (κ2) is 11.0. The molecule has 170 valence electrons. The summed E-state index contributed by atoms with van der Waals surface area (Å²) in [7, 11) is 0. The third-order valence-electron chi connectivity index (χ3n) is 5.93. The van der Waals surface area contributed by atoms with E-state index in [0.29, 0.717) is 27.9 Å². The van der Waals surface area contributed by atoms with Crippen molar-refractivity contribution in [1.82, 2.24) is 4.90 Å². The number of amides is 2. The molecule has 1 fully saturated rings. The molecule has 0 aliphatic carbocycles. The molecule has 1 saturated heterocycles. The molecule has 0 aromatic heterocycles. The number of likely N-dealkylation sites (tertiary alicyclic amines) is 1. The van der Waals surface area contributed by atoms with E-state index in [9.17, 15) is 9.59 Å². The van der Waals surface area contributed by atoms with Crippen molar-refractivity contribution in [1.29, 1.82) is 0 Å². The van der Waals surface area contributed by atoms with Crippen LogP contribution < -0.4 is 10.1 Å². The summed E-state index contributed by atoms with van der Waals surface area (Å²) in [6.07, 6.45) is 3.10. The van der Waals surface area contributed by atoms with Crippen LogP contribution in [0.15, 0.2) is 78.9 Å². The molecule has 3 aromatic rings. The highest BCUT2D eigenvalue weighted by Gasteiger charge is 2.23. The third-order valence-corrected chi connectivity index (χ3v) is 6.26. The van der Waals surface area contributed by atoms with E-state index in [1.54, 1.807) is 48.5 Å². The number of nitrogens with zero attached hydrogens (tertiary/aromatic N) is 1. The van der Waals surface area contributed by atoms with E-state index in [2.05, 4.69) is 29.6 Å². The molecular weight excluding hydrogens is 436 g/mol. The predicted octanol–water partition coefficient (Wildman–Crippen LogP) is 5.45. The topological polar surface area (TPSA) is 58.6 Å². The Morgan fingerprint density at radius 1 is 0.909 bits per heavy atom. The van der Waals surface area contributed by atoms with Crippen LogP contribution in [0.1, 0.15) is 28.8 Å². The number of carbonyl (C=O) groups is 2. The Hall–Kier alpha value is -3.31. The first-order valence-electron chi connectivity index (χ1n) is 11.2. The van der Waals surface area contributed by atoms with E-state index in [1.165, 1.54) is 5.56 Å². The van der Waals surface area contributed by atoms with Crippen LogP contribution in [0.2, 0.25) is 5.02 Å². The number of hydrogen-bond acceptors (Lipinski definition) is 3. The van der Waals surface area contributed by atoms with Crippen molar-refractivity contribution < 1.29 is 14.3 Å². The first kappa shape index (κ1) is 22.9. The van der Waals surface area contributed by atoms with Gasteiger partial charge in [0.05, 0.1) is 10.6 Å². The van der Waals surface area contributed by atoms with Gasteiger partial charge in [-0.15, -0.1) is 0 Å². The molecule has 0 bridgehead atoms. The van der Waals surface area contributed by atoms with Crippen molar-refractivity contribution in [3.05, 3.63) is 95.0 Å². The van der Waals surface area contributed by atoms with E-state index < -0.39 is 0 Å². The van der Waals surface area contributed by atoms with Crippen LogP contribution in [-0.2, 0) is 11.2 Å². The van der Waals surface area contributed by atoms with Crippen LogP contribution in [-0.4, -0.2) is 36.4 Å². The maximum atomic E-state index is 12.6. The van der Waals surface area contributed by atoms with Gasteiger partial charge < -0.3 is 15.0 Å². The van der Waals surface area contributed by atoms with E-state index in [4.69, 9.17) is 16.3 Å². The number of piperidine rings is 1. The Morgan fingerprint density at radius 3 is 2.27 bits per heavy atom. The number of carbonyl (C=O) groups excluding carboxylic acids is 2. The van der Waals surface area contributed by atoms with Crippen LogP contribution >= 0.6 is 11.6 Å². The summed E-state index contributed by atoms with van der Waals surface area (Å²) < 4.78 is 5.68. The quantitative estimate of drug-likeness (QED) is 0.507. The lowest BCUT2D eigenvalue weighted by molar-refractivity contribution is -0.134. The Balaban J connectivity index is 1.21. The van der Waals surface area contributed by atoms with Crippen LogP contribution in [0, 0.1) is 5.92 Å². The molecule has 0 spiro atoms. The van der Waals surface area contributed by atoms with Gasteiger partial charge >= 0.3 is 0 Å². The molecule has 33 heavy (non-hydrogen) atoms. The van der Waals surface area contributed by atoms with Crippen molar-refractivity contribution in [2.45, 2.75) is 19.3 Å². The van der Waals surface area contributed by atoms with Gasteiger partial charge in [-0.3, -0.25) is 9.59 Å². The first-order chi connectivity index (χ1) is 16.1. The second-order valence-electron chi connectivity index (χ2n) is 8.26. The minimum Gasteiger partial charge on any atom is -0.484 e. The van der Waals surface area contributed by atoms with Crippen molar-refractivity contribution >= 4 is 29.1 Å². The van der Waals surface area contributed by atoms with Gasteiger partial charge in [-0.25, -0.2) is 0 Å². The molecule has 0 unspecified atom stereocenters. The van der Waals surface area contributed by atoms with E-state index in [-0.39, 0.29) is 18.4 Å². The highest BCUT2D eigenvalue weighted by atomic mass is 35.5. The average molecular weight is 463 g/mol. The van der Waals surface area contributed by atoms with Gasteiger partial charge in [0.25, 0.3) is 11.8 Å². The summed E-state index contributed by atoms with van der Waals surface area (Å²) >= 11 is 6.07. The number of ether oxygens (including phenoxy) is 1. The molecule has 2 amide bonds. The fourth-order valence-electron chi connectivity index (χ4n) is 4.05. The summed E-state index contributed by atoms with van der Waals surface area (Å²) in [5.41, 5.74) is 2.40. The molecule has 0 radical (unpaired) electrons. The maximum Gasteiger partial charge on any atom is 0.260 e. The summed E-state index contributed by atoms with van der Waals surface area (Å²) in [5.74, 6) is 0.924. The number of benzene rings is 3. The molecular formula is C27H27ClN2O3. The van der Waals surface area contributed by atoms with Crippen LogP contribution in [0.5, 0.6) is 5.75 Å². The molecule has 1 heterocycles. The Kier molecular flexibility index (Phi) is 7.63. The molecule has 3 aromatic carbocycles. The maximum absolute atomic E-state index is 12.6. The monoisotopic (exact) mass is 462 g/mol. The summed E-state index contributed by atoms with van der Waals surface area (Å²) in [6.45, 7) is 1.55. The van der Waals surface area contributed by atoms with Gasteiger partial charge in [0.2, 0.25) is 0 Å². The number of hydrogen-bond donors (Lipinski definition) is 1. The van der Waals surface area contributed by atoms with Gasteiger partial charge in [0.1, 0.15) is 5.75 Å². The van der Waals surface area contributed by atoms with Crippen molar-refractivity contribution in [2.75, 3.05) is 25.0 Å². The van der Waals surface area contributed by atoms with E-state index in [1.807, 2.05) is 11.0 Å². The summed E-state index contributed by atoms with van der Waals surface area (Å²) in [6, 6.07) is 24.4. The second-order valence-corrected chi connectivity index (χ2v) is 8.67. The number of halogens is 1. The minimum atomic E-state index is -0.278. The van der Waals surface area contributed by atoms with Gasteiger partial charge in [-0.2, -0.15) is 0 Å². The first-order valence-corrected chi connectivity index (χ1v) is 11.6. The SMILES string of the molecule is O=C(Nc1ccc(OCC(=O)N2CCC(Cc3ccccc3)CC2)cc1)c1ccccc1Cl. The fraction of sp³-hybridized carbons (Fsp3) is 0.259. The minimum absolute atomic E-state index is 0.00394. The number of nitrogens with one attached hydrogen (secondary N) is 1. The highest BCUT2D eigenvalue weighted by Crippen LogP contribution is 2.23. The van der Waals surface area contributed by atoms with Crippen LogP contribution in [0.3, 0.4) is 0 Å². The van der Waals surface area contributed by atoms with Gasteiger partial charge in [0, 0.05) is 18.8 Å². The van der Waals surface area contributed by atoms with Gasteiger partial charge in [-0.1, -0.05) is 54.1 Å². The molecule has 4 rings (SSSR count). The normalized spacial score (nSPS) is 14.0. The molecule has 5 nitrogen and oxygen atoms in total. The fourth-order valence-corrected chi connectivity index (χ4v) is 4.27. The zero-order valence-electron chi connectivity index (χ0n) is 18.4. The zero-order chi connectivity index (χ0) is 23.0. The molecule has 6 heteroatoms. The highest BCUT2D eigenvalue weighted by molar-refractivity contribution is 6.34. The predicted molar refractivity (Wildman–Crippen MR) is 131 cm³/mol. The van der Waals surface area contributed by atoms with Crippen molar-refractivity contribution in [2.24, 2.45) is 5.92 Å². The van der Waals surface area contributed by atoms with Crippen molar-refractivity contribution in [3.63, 3.8) is 0 Å². The molecule has 1 aliphatic rings. The van der Waals surface area contributed by atoms with E-state index in [0.717, 1.165) is 32.4 Å². The molecule has 0 atom stereocenters. The Bertz CT molecular complexity index is 1080. The Morgan fingerprint density at radius 2 is 1.58 bits per heavy atom. The molecule has 0 saturated carbocycles. The van der Waals surface area contributed by atoms with Gasteiger partial charge in [-0.05, 0) is 67.1 Å². The standard InChI is InChI=1S/C27H27ClN2O3/c28-25-9-5-4-8-24(25)27(32)29-22-10-12-23(13-11-22)33-19-26(31)30-16-14-21(15-17-30)18-20-6-2-1-3-7-20/h1-13,21H,14-19H2,(H,29,32). The number of rotatable bonds is 7. The Labute approximate surface area is 199 Å². The largest absolute Gasteiger partial charge is 0.484 e. The molecule has 1 N–H and O–H groups in total.